The minimum absolute atomic E-state index is 0.145. The summed E-state index contributed by atoms with van der Waals surface area (Å²) in [7, 11) is 0. The first-order valence-corrected chi connectivity index (χ1v) is 4.25. The van der Waals surface area contributed by atoms with E-state index in [1.54, 1.807) is 0 Å². The standard InChI is InChI=1S/C8H13NO3/c1-8(4-9-5-8)12-6-2-3-11-7(6)10/h6,9H,2-5H2,1H3. The third-order valence-corrected chi connectivity index (χ3v) is 2.31. The van der Waals surface area contributed by atoms with Gasteiger partial charge in [-0.25, -0.2) is 4.79 Å². The molecule has 1 N–H and O–H groups in total. The smallest absolute Gasteiger partial charge is 0.335 e. The van der Waals surface area contributed by atoms with E-state index in [9.17, 15) is 4.79 Å². The molecular weight excluding hydrogens is 158 g/mol. The van der Waals surface area contributed by atoms with Crippen LogP contribution in [0.25, 0.3) is 0 Å². The molecule has 4 heteroatoms. The fourth-order valence-electron chi connectivity index (χ4n) is 1.49. The van der Waals surface area contributed by atoms with Crippen LogP contribution in [-0.2, 0) is 14.3 Å². The summed E-state index contributed by atoms with van der Waals surface area (Å²) in [5.41, 5.74) is -0.145. The molecule has 0 aliphatic carbocycles. The van der Waals surface area contributed by atoms with E-state index in [1.807, 2.05) is 6.92 Å². The number of hydrogen-bond acceptors (Lipinski definition) is 4. The molecule has 0 aromatic heterocycles. The number of esters is 1. The van der Waals surface area contributed by atoms with E-state index in [0.717, 1.165) is 13.1 Å². The lowest BCUT2D eigenvalue weighted by Gasteiger charge is -2.40. The number of nitrogens with one attached hydrogen (secondary N) is 1. The molecule has 2 fully saturated rings. The molecule has 0 amide bonds. The predicted molar refractivity (Wildman–Crippen MR) is 41.7 cm³/mol. The highest BCUT2D eigenvalue weighted by atomic mass is 16.6. The van der Waals surface area contributed by atoms with E-state index >= 15 is 0 Å². The highest BCUT2D eigenvalue weighted by Crippen LogP contribution is 2.22. The van der Waals surface area contributed by atoms with Crippen molar-refractivity contribution in [1.82, 2.24) is 5.32 Å². The lowest BCUT2D eigenvalue weighted by atomic mass is 9.99. The van der Waals surface area contributed by atoms with E-state index in [1.165, 1.54) is 0 Å². The summed E-state index contributed by atoms with van der Waals surface area (Å²) in [5, 5.41) is 3.11. The fraction of sp³-hybridized carbons (Fsp3) is 0.875. The minimum atomic E-state index is -0.322. The van der Waals surface area contributed by atoms with Gasteiger partial charge in [0, 0.05) is 19.5 Å². The highest BCUT2D eigenvalue weighted by molar-refractivity contribution is 5.76. The summed E-state index contributed by atoms with van der Waals surface area (Å²) in [6, 6.07) is 0. The van der Waals surface area contributed by atoms with Gasteiger partial charge in [0.15, 0.2) is 6.10 Å². The zero-order chi connectivity index (χ0) is 8.60. The number of cyclic esters (lactones) is 1. The van der Waals surface area contributed by atoms with E-state index in [2.05, 4.69) is 5.32 Å². The van der Waals surface area contributed by atoms with Crippen LogP contribution < -0.4 is 5.32 Å². The van der Waals surface area contributed by atoms with E-state index < -0.39 is 0 Å². The van der Waals surface area contributed by atoms with Crippen LogP contribution in [-0.4, -0.2) is 37.4 Å². The van der Waals surface area contributed by atoms with Crippen molar-refractivity contribution in [3.05, 3.63) is 0 Å². The van der Waals surface area contributed by atoms with Gasteiger partial charge in [0.25, 0.3) is 0 Å². The Kier molecular flexibility index (Phi) is 1.81. The Hall–Kier alpha value is -0.610. The van der Waals surface area contributed by atoms with Crippen molar-refractivity contribution in [2.75, 3.05) is 19.7 Å². The van der Waals surface area contributed by atoms with Gasteiger partial charge in [-0.2, -0.15) is 0 Å². The number of hydrogen-bond donors (Lipinski definition) is 1. The van der Waals surface area contributed by atoms with Gasteiger partial charge in [-0.1, -0.05) is 0 Å². The predicted octanol–water partition coefficient (Wildman–Crippen LogP) is -0.320. The SMILES string of the molecule is CC1(OC2CCOC2=O)CNC1. The van der Waals surface area contributed by atoms with Gasteiger partial charge in [0.05, 0.1) is 12.2 Å². The van der Waals surface area contributed by atoms with Gasteiger partial charge in [0.2, 0.25) is 0 Å². The van der Waals surface area contributed by atoms with Crippen LogP contribution in [0.1, 0.15) is 13.3 Å². The Morgan fingerprint density at radius 3 is 2.83 bits per heavy atom. The third kappa shape index (κ3) is 1.32. The number of ether oxygens (including phenoxy) is 2. The van der Waals surface area contributed by atoms with Gasteiger partial charge in [-0.3, -0.25) is 0 Å². The molecule has 2 rings (SSSR count). The monoisotopic (exact) mass is 171 g/mol. The Morgan fingerprint density at radius 1 is 1.67 bits per heavy atom. The lowest BCUT2D eigenvalue weighted by Crippen LogP contribution is -2.60. The molecule has 12 heavy (non-hydrogen) atoms. The van der Waals surface area contributed by atoms with Crippen LogP contribution in [0.15, 0.2) is 0 Å². The van der Waals surface area contributed by atoms with Crippen molar-refractivity contribution in [3.63, 3.8) is 0 Å². The Morgan fingerprint density at radius 2 is 2.42 bits per heavy atom. The quantitative estimate of drug-likeness (QED) is 0.578. The van der Waals surface area contributed by atoms with Crippen LogP contribution in [0.2, 0.25) is 0 Å². The highest BCUT2D eigenvalue weighted by Gasteiger charge is 2.39. The van der Waals surface area contributed by atoms with Gasteiger partial charge >= 0.3 is 5.97 Å². The molecule has 2 aliphatic rings. The topological polar surface area (TPSA) is 47.6 Å². The molecule has 0 aromatic carbocycles. The molecule has 0 spiro atoms. The molecule has 4 nitrogen and oxygen atoms in total. The van der Waals surface area contributed by atoms with Crippen molar-refractivity contribution in [2.45, 2.75) is 25.0 Å². The second-order valence-corrected chi connectivity index (χ2v) is 3.62. The molecule has 0 bridgehead atoms. The lowest BCUT2D eigenvalue weighted by molar-refractivity contribution is -0.161. The Balaban J connectivity index is 1.89. The average molecular weight is 171 g/mol. The maximum Gasteiger partial charge on any atom is 0.335 e. The van der Waals surface area contributed by atoms with Gasteiger partial charge in [-0.15, -0.1) is 0 Å². The molecule has 2 aliphatic heterocycles. The number of rotatable bonds is 2. The van der Waals surface area contributed by atoms with E-state index in [-0.39, 0.29) is 17.7 Å². The van der Waals surface area contributed by atoms with Gasteiger partial charge < -0.3 is 14.8 Å². The van der Waals surface area contributed by atoms with Crippen molar-refractivity contribution in [3.8, 4) is 0 Å². The number of carbonyl (C=O) groups is 1. The van der Waals surface area contributed by atoms with Crippen molar-refractivity contribution >= 4 is 5.97 Å². The minimum Gasteiger partial charge on any atom is -0.464 e. The molecule has 0 saturated carbocycles. The first-order chi connectivity index (χ1) is 5.70. The average Bonchev–Trinajstić information content (AvgIpc) is 2.34. The summed E-state index contributed by atoms with van der Waals surface area (Å²) in [6.45, 7) is 4.18. The summed E-state index contributed by atoms with van der Waals surface area (Å²) in [5.74, 6) is -0.205. The first kappa shape index (κ1) is 8.01. The van der Waals surface area contributed by atoms with Crippen molar-refractivity contribution in [1.29, 1.82) is 0 Å². The van der Waals surface area contributed by atoms with Crippen LogP contribution >= 0.6 is 0 Å². The normalized spacial score (nSPS) is 32.8. The largest absolute Gasteiger partial charge is 0.464 e. The fourth-order valence-corrected chi connectivity index (χ4v) is 1.49. The molecule has 0 aromatic rings. The van der Waals surface area contributed by atoms with Crippen LogP contribution in [0.4, 0.5) is 0 Å². The van der Waals surface area contributed by atoms with Gasteiger partial charge in [-0.05, 0) is 6.92 Å². The summed E-state index contributed by atoms with van der Waals surface area (Å²) >= 11 is 0. The molecule has 0 radical (unpaired) electrons. The molecule has 2 heterocycles. The molecule has 68 valence electrons. The maximum absolute atomic E-state index is 11.0. The van der Waals surface area contributed by atoms with Crippen molar-refractivity contribution < 1.29 is 14.3 Å². The zero-order valence-corrected chi connectivity index (χ0v) is 7.13. The van der Waals surface area contributed by atoms with Gasteiger partial charge in [0.1, 0.15) is 0 Å². The second kappa shape index (κ2) is 2.71. The molecule has 1 unspecified atom stereocenters. The maximum atomic E-state index is 11.0. The first-order valence-electron chi connectivity index (χ1n) is 4.25. The van der Waals surface area contributed by atoms with E-state index in [0.29, 0.717) is 13.0 Å². The van der Waals surface area contributed by atoms with E-state index in [4.69, 9.17) is 9.47 Å². The second-order valence-electron chi connectivity index (χ2n) is 3.62. The molecular formula is C8H13NO3. The Bertz CT molecular complexity index is 200. The third-order valence-electron chi connectivity index (χ3n) is 2.31. The summed E-state index contributed by atoms with van der Waals surface area (Å²) < 4.78 is 10.4. The summed E-state index contributed by atoms with van der Waals surface area (Å²) in [4.78, 5) is 11.0. The van der Waals surface area contributed by atoms with Crippen LogP contribution in [0.3, 0.4) is 0 Å². The van der Waals surface area contributed by atoms with Crippen LogP contribution in [0.5, 0.6) is 0 Å². The Labute approximate surface area is 71.2 Å². The van der Waals surface area contributed by atoms with Crippen molar-refractivity contribution in [2.24, 2.45) is 0 Å². The number of carbonyl (C=O) groups excluding carboxylic acids is 1. The summed E-state index contributed by atoms with van der Waals surface area (Å²) in [6.07, 6.45) is 0.381. The molecule has 2 saturated heterocycles. The molecule has 1 atom stereocenters. The zero-order valence-electron chi connectivity index (χ0n) is 7.13. The van der Waals surface area contributed by atoms with Crippen LogP contribution in [0, 0.1) is 0 Å².